The van der Waals surface area contributed by atoms with Crippen LogP contribution in [-0.4, -0.2) is 37.6 Å². The molecule has 0 bridgehead atoms. The fourth-order valence-corrected chi connectivity index (χ4v) is 3.67. The maximum Gasteiger partial charge on any atom is 0.234 e. The molecule has 0 aliphatic rings. The average Bonchev–Trinajstić information content (AvgIpc) is 3.28. The van der Waals surface area contributed by atoms with Crippen LogP contribution in [0.1, 0.15) is 25.4 Å². The minimum Gasteiger partial charge on any atom is -0.494 e. The van der Waals surface area contributed by atoms with Gasteiger partial charge in [0.1, 0.15) is 11.6 Å². The molecule has 0 saturated heterocycles. The van der Waals surface area contributed by atoms with Crippen LogP contribution in [0.25, 0.3) is 0 Å². The Morgan fingerprint density at radius 1 is 1.18 bits per heavy atom. The van der Waals surface area contributed by atoms with E-state index in [1.807, 2.05) is 50.5 Å². The van der Waals surface area contributed by atoms with E-state index in [4.69, 9.17) is 4.74 Å². The molecule has 0 unspecified atom stereocenters. The van der Waals surface area contributed by atoms with Crippen molar-refractivity contribution in [2.75, 3.05) is 17.7 Å². The maximum atomic E-state index is 12.3. The van der Waals surface area contributed by atoms with Gasteiger partial charge in [-0.3, -0.25) is 4.79 Å². The molecule has 0 atom stereocenters. The van der Waals surface area contributed by atoms with Gasteiger partial charge in [0.15, 0.2) is 5.16 Å². The van der Waals surface area contributed by atoms with Gasteiger partial charge in [-0.15, -0.1) is 10.2 Å². The third-order valence-electron chi connectivity index (χ3n) is 4.28. The van der Waals surface area contributed by atoms with Crippen LogP contribution in [0.5, 0.6) is 5.75 Å². The van der Waals surface area contributed by atoms with E-state index >= 15 is 0 Å². The Bertz CT molecular complexity index is 917. The van der Waals surface area contributed by atoms with Crippen LogP contribution in [-0.2, 0) is 24.8 Å². The number of hydrogen-bond acceptors (Lipinski definition) is 5. The third kappa shape index (κ3) is 4.95. The number of aromatic nitrogens is 4. The number of carbonyl (C=O) groups is 1. The van der Waals surface area contributed by atoms with Gasteiger partial charge < -0.3 is 19.2 Å². The Morgan fingerprint density at radius 3 is 2.61 bits per heavy atom. The highest BCUT2D eigenvalue weighted by molar-refractivity contribution is 7.99. The lowest BCUT2D eigenvalue weighted by Crippen LogP contribution is -2.14. The zero-order valence-corrected chi connectivity index (χ0v) is 17.2. The third-order valence-corrected chi connectivity index (χ3v) is 5.25. The highest BCUT2D eigenvalue weighted by Gasteiger charge is 2.14. The molecular weight excluding hydrogens is 374 g/mol. The quantitative estimate of drug-likeness (QED) is 0.559. The van der Waals surface area contributed by atoms with Crippen LogP contribution in [0.3, 0.4) is 0 Å². The van der Waals surface area contributed by atoms with Crippen LogP contribution in [0, 0.1) is 0 Å². The van der Waals surface area contributed by atoms with E-state index in [1.54, 1.807) is 0 Å². The van der Waals surface area contributed by atoms with Crippen LogP contribution < -0.4 is 10.1 Å². The standard InChI is InChI=1S/C20H25N5O2S/c1-4-25-18(13-16-7-6-12-24(16)3)22-23-20(25)28-14-19(26)21-15-8-10-17(11-9-15)27-5-2/h6-12H,4-5,13-14H2,1-3H3,(H,21,26). The number of anilines is 1. The summed E-state index contributed by atoms with van der Waals surface area (Å²) in [7, 11) is 2.02. The van der Waals surface area contributed by atoms with E-state index in [-0.39, 0.29) is 11.7 Å². The molecule has 0 spiro atoms. The highest BCUT2D eigenvalue weighted by atomic mass is 32.2. The number of hydrogen-bond donors (Lipinski definition) is 1. The summed E-state index contributed by atoms with van der Waals surface area (Å²) >= 11 is 1.39. The molecule has 2 heterocycles. The molecule has 8 heteroatoms. The topological polar surface area (TPSA) is 74.0 Å². The second-order valence-corrected chi connectivity index (χ2v) is 7.17. The second kappa shape index (κ2) is 9.45. The van der Waals surface area contributed by atoms with E-state index in [0.717, 1.165) is 29.0 Å². The van der Waals surface area contributed by atoms with E-state index in [2.05, 4.69) is 37.6 Å². The first-order valence-electron chi connectivity index (χ1n) is 9.28. The van der Waals surface area contributed by atoms with Crippen molar-refractivity contribution in [3.8, 4) is 5.75 Å². The summed E-state index contributed by atoms with van der Waals surface area (Å²) in [5.74, 6) is 1.88. The predicted octanol–water partition coefficient (Wildman–Crippen LogP) is 3.36. The normalized spacial score (nSPS) is 10.8. The van der Waals surface area contributed by atoms with Crippen molar-refractivity contribution in [3.05, 3.63) is 54.1 Å². The Hall–Kier alpha value is -2.74. The second-order valence-electron chi connectivity index (χ2n) is 6.22. The van der Waals surface area contributed by atoms with Gasteiger partial charge in [0.25, 0.3) is 0 Å². The van der Waals surface area contributed by atoms with Crippen LogP contribution in [0.4, 0.5) is 5.69 Å². The van der Waals surface area contributed by atoms with E-state index in [1.165, 1.54) is 17.5 Å². The molecule has 1 N–H and O–H groups in total. The Labute approximate surface area is 169 Å². The van der Waals surface area contributed by atoms with E-state index in [9.17, 15) is 4.79 Å². The SMILES string of the molecule is CCOc1ccc(NC(=O)CSc2nnc(Cc3cccn3C)n2CC)cc1. The molecule has 0 fully saturated rings. The average molecular weight is 400 g/mol. The Balaban J connectivity index is 1.58. The summed E-state index contributed by atoms with van der Waals surface area (Å²) in [6.45, 7) is 5.37. The molecule has 3 rings (SSSR count). The molecule has 1 amide bonds. The summed E-state index contributed by atoms with van der Waals surface area (Å²) in [6, 6.07) is 11.4. The number of rotatable bonds is 9. The number of thioether (sulfide) groups is 1. The summed E-state index contributed by atoms with van der Waals surface area (Å²) < 4.78 is 9.54. The largest absolute Gasteiger partial charge is 0.494 e. The summed E-state index contributed by atoms with van der Waals surface area (Å²) in [5, 5.41) is 12.3. The summed E-state index contributed by atoms with van der Waals surface area (Å²) in [5.41, 5.74) is 1.92. The number of carbonyl (C=O) groups excluding carboxylic acids is 1. The molecule has 0 radical (unpaired) electrons. The minimum absolute atomic E-state index is 0.0798. The van der Waals surface area contributed by atoms with Gasteiger partial charge in [-0.1, -0.05) is 11.8 Å². The van der Waals surface area contributed by atoms with Crippen molar-refractivity contribution in [2.45, 2.75) is 32.0 Å². The van der Waals surface area contributed by atoms with E-state index in [0.29, 0.717) is 13.0 Å². The number of benzene rings is 1. The van der Waals surface area contributed by atoms with Gasteiger partial charge in [-0.25, -0.2) is 0 Å². The minimum atomic E-state index is -0.0798. The zero-order chi connectivity index (χ0) is 19.9. The number of aryl methyl sites for hydroxylation is 1. The monoisotopic (exact) mass is 399 g/mol. The Morgan fingerprint density at radius 2 is 1.96 bits per heavy atom. The molecule has 0 aliphatic heterocycles. The molecule has 148 valence electrons. The lowest BCUT2D eigenvalue weighted by Gasteiger charge is -2.09. The lowest BCUT2D eigenvalue weighted by molar-refractivity contribution is -0.113. The molecule has 0 aliphatic carbocycles. The van der Waals surface area contributed by atoms with Crippen LogP contribution >= 0.6 is 11.8 Å². The molecule has 0 saturated carbocycles. The first kappa shape index (κ1) is 20.0. The first-order chi connectivity index (χ1) is 13.6. The summed E-state index contributed by atoms with van der Waals surface area (Å²) in [4.78, 5) is 12.3. The van der Waals surface area contributed by atoms with Gasteiger partial charge in [-0.05, 0) is 50.2 Å². The van der Waals surface area contributed by atoms with Gasteiger partial charge in [-0.2, -0.15) is 0 Å². The number of ether oxygens (including phenoxy) is 1. The molecule has 7 nitrogen and oxygen atoms in total. The molecule has 2 aromatic heterocycles. The maximum absolute atomic E-state index is 12.3. The van der Waals surface area contributed by atoms with Gasteiger partial charge in [0.2, 0.25) is 5.91 Å². The van der Waals surface area contributed by atoms with Crippen molar-refractivity contribution < 1.29 is 9.53 Å². The molecule has 3 aromatic rings. The van der Waals surface area contributed by atoms with Crippen molar-refractivity contribution >= 4 is 23.4 Å². The molecule has 1 aromatic carbocycles. The highest BCUT2D eigenvalue weighted by Crippen LogP contribution is 2.20. The van der Waals surface area contributed by atoms with Crippen molar-refractivity contribution in [1.29, 1.82) is 0 Å². The number of amides is 1. The van der Waals surface area contributed by atoms with Crippen LogP contribution in [0.2, 0.25) is 0 Å². The zero-order valence-electron chi connectivity index (χ0n) is 16.4. The van der Waals surface area contributed by atoms with Crippen molar-refractivity contribution in [3.63, 3.8) is 0 Å². The smallest absolute Gasteiger partial charge is 0.234 e. The number of nitrogens with zero attached hydrogens (tertiary/aromatic N) is 4. The van der Waals surface area contributed by atoms with Crippen molar-refractivity contribution in [2.24, 2.45) is 7.05 Å². The fraction of sp³-hybridized carbons (Fsp3) is 0.350. The van der Waals surface area contributed by atoms with Gasteiger partial charge in [0.05, 0.1) is 12.4 Å². The van der Waals surface area contributed by atoms with Gasteiger partial charge >= 0.3 is 0 Å². The fourth-order valence-electron chi connectivity index (χ4n) is 2.84. The summed E-state index contributed by atoms with van der Waals surface area (Å²) in [6.07, 6.45) is 2.73. The molecule has 28 heavy (non-hydrogen) atoms. The van der Waals surface area contributed by atoms with Crippen molar-refractivity contribution in [1.82, 2.24) is 19.3 Å². The first-order valence-corrected chi connectivity index (χ1v) is 10.3. The molecular formula is C20H25N5O2S. The van der Waals surface area contributed by atoms with Gasteiger partial charge in [0, 0.05) is 37.6 Å². The number of nitrogens with one attached hydrogen (secondary N) is 1. The lowest BCUT2D eigenvalue weighted by atomic mass is 10.3. The Kier molecular flexibility index (Phi) is 6.76. The van der Waals surface area contributed by atoms with E-state index < -0.39 is 0 Å². The van der Waals surface area contributed by atoms with Crippen LogP contribution in [0.15, 0.2) is 47.8 Å². The predicted molar refractivity (Wildman–Crippen MR) is 111 cm³/mol.